The van der Waals surface area contributed by atoms with Crippen molar-refractivity contribution in [3.63, 3.8) is 0 Å². The summed E-state index contributed by atoms with van der Waals surface area (Å²) in [7, 11) is 0. The second-order valence-electron chi connectivity index (χ2n) is 7.78. The summed E-state index contributed by atoms with van der Waals surface area (Å²) < 4.78 is 6.46. The van der Waals surface area contributed by atoms with E-state index >= 15 is 0 Å². The predicted molar refractivity (Wildman–Crippen MR) is 131 cm³/mol. The molecule has 0 aliphatic heterocycles. The van der Waals surface area contributed by atoms with E-state index in [9.17, 15) is 14.7 Å². The smallest absolute Gasteiger partial charge is 0.407 e. The number of thiophene rings is 1. The van der Waals surface area contributed by atoms with Crippen molar-refractivity contribution in [2.24, 2.45) is 0 Å². The van der Waals surface area contributed by atoms with Crippen LogP contribution in [0.2, 0.25) is 0 Å². The van der Waals surface area contributed by atoms with Crippen molar-refractivity contribution in [2.45, 2.75) is 5.92 Å². The van der Waals surface area contributed by atoms with Gasteiger partial charge in [-0.15, -0.1) is 11.3 Å². The second kappa shape index (κ2) is 8.92. The molecule has 0 saturated carbocycles. The second-order valence-corrected chi connectivity index (χ2v) is 8.87. The molecule has 1 aliphatic carbocycles. The molecule has 5 rings (SSSR count). The monoisotopic (exact) mass is 455 g/mol. The van der Waals surface area contributed by atoms with Crippen LogP contribution in [0.3, 0.4) is 0 Å². The maximum atomic E-state index is 12.3. The van der Waals surface area contributed by atoms with Gasteiger partial charge in [-0.05, 0) is 39.9 Å². The molecule has 0 spiro atoms. The first-order valence-corrected chi connectivity index (χ1v) is 11.4. The molecule has 0 fully saturated rings. The Morgan fingerprint density at radius 2 is 1.67 bits per heavy atom. The topological polar surface area (TPSA) is 75.6 Å². The van der Waals surface area contributed by atoms with E-state index in [0.29, 0.717) is 11.4 Å². The van der Waals surface area contributed by atoms with Crippen molar-refractivity contribution < 1.29 is 19.4 Å². The van der Waals surface area contributed by atoms with Gasteiger partial charge in [-0.25, -0.2) is 9.59 Å². The van der Waals surface area contributed by atoms with Crippen molar-refractivity contribution in [3.8, 4) is 11.1 Å². The summed E-state index contributed by atoms with van der Waals surface area (Å²) in [4.78, 5) is 23.8. The number of hydrogen-bond donors (Lipinski definition) is 2. The van der Waals surface area contributed by atoms with Crippen LogP contribution in [0, 0.1) is 0 Å². The summed E-state index contributed by atoms with van der Waals surface area (Å²) in [6.45, 7) is 0.582. The molecule has 2 N–H and O–H groups in total. The van der Waals surface area contributed by atoms with E-state index in [2.05, 4.69) is 29.6 Å². The molecule has 6 heteroatoms. The lowest BCUT2D eigenvalue weighted by Crippen LogP contribution is -2.26. The summed E-state index contributed by atoms with van der Waals surface area (Å²) in [6, 6.07) is 23.8. The number of carbonyl (C=O) groups excluding carboxylic acids is 1. The number of carboxylic acids is 1. The summed E-state index contributed by atoms with van der Waals surface area (Å²) in [5.41, 5.74) is 5.65. The summed E-state index contributed by atoms with van der Waals surface area (Å²) >= 11 is 1.25. The molecule has 3 aromatic carbocycles. The average Bonchev–Trinajstić information content (AvgIpc) is 3.41. The van der Waals surface area contributed by atoms with Crippen LogP contribution in [-0.4, -0.2) is 30.3 Å². The van der Waals surface area contributed by atoms with Crippen LogP contribution in [-0.2, 0) is 4.74 Å². The fourth-order valence-corrected chi connectivity index (χ4v) is 5.25. The average molecular weight is 456 g/mol. The minimum atomic E-state index is -0.928. The quantitative estimate of drug-likeness (QED) is 0.366. The number of rotatable bonds is 6. The third kappa shape index (κ3) is 4.13. The Balaban J connectivity index is 1.20. The van der Waals surface area contributed by atoms with E-state index in [1.807, 2.05) is 54.6 Å². The molecule has 1 aromatic heterocycles. The van der Waals surface area contributed by atoms with Crippen LogP contribution in [0.1, 0.15) is 32.3 Å². The zero-order valence-electron chi connectivity index (χ0n) is 17.7. The fourth-order valence-electron chi connectivity index (χ4n) is 4.31. The van der Waals surface area contributed by atoms with Crippen LogP contribution >= 0.6 is 11.3 Å². The highest BCUT2D eigenvalue weighted by molar-refractivity contribution is 7.20. The Kier molecular flexibility index (Phi) is 5.67. The van der Waals surface area contributed by atoms with E-state index in [4.69, 9.17) is 4.74 Å². The highest BCUT2D eigenvalue weighted by atomic mass is 32.1. The minimum Gasteiger partial charge on any atom is -0.477 e. The minimum absolute atomic E-state index is 0.0262. The molecule has 0 saturated heterocycles. The number of alkyl carbamates (subject to hydrolysis) is 1. The molecule has 0 radical (unpaired) electrons. The van der Waals surface area contributed by atoms with Crippen LogP contribution in [0.15, 0.2) is 78.9 Å². The van der Waals surface area contributed by atoms with Gasteiger partial charge in [0.05, 0.1) is 0 Å². The zero-order chi connectivity index (χ0) is 22.8. The van der Waals surface area contributed by atoms with E-state index in [1.165, 1.54) is 33.6 Å². The van der Waals surface area contributed by atoms with Gasteiger partial charge in [-0.2, -0.15) is 0 Å². The molecule has 1 heterocycles. The molecule has 0 atom stereocenters. The molecular weight excluding hydrogens is 434 g/mol. The van der Waals surface area contributed by atoms with E-state index in [-0.39, 0.29) is 12.5 Å². The molecule has 1 aliphatic rings. The van der Waals surface area contributed by atoms with Crippen molar-refractivity contribution in [1.82, 2.24) is 5.32 Å². The normalized spacial score (nSPS) is 12.6. The number of carboxylic acid groups (broad SMARTS) is 1. The van der Waals surface area contributed by atoms with Crippen LogP contribution in [0.4, 0.5) is 4.79 Å². The lowest BCUT2D eigenvalue weighted by Gasteiger charge is -2.14. The molecular formula is C27H21NO4S. The number of aromatic carboxylic acids is 1. The number of fused-ring (bicyclic) bond motifs is 4. The standard InChI is InChI=1S/C27H21NO4S/c29-26(30)25-15-22-17(7-5-13-24(22)33-25)8-6-14-28-27(31)32-16-23-20-11-3-1-9-18(20)19-10-2-4-12-21(19)23/h1-13,15,23H,14,16H2,(H,28,31)(H,29,30). The van der Waals surface area contributed by atoms with Gasteiger partial charge in [-0.1, -0.05) is 72.8 Å². The van der Waals surface area contributed by atoms with Gasteiger partial charge in [0.2, 0.25) is 0 Å². The van der Waals surface area contributed by atoms with Gasteiger partial charge >= 0.3 is 12.1 Å². The largest absolute Gasteiger partial charge is 0.477 e. The van der Waals surface area contributed by atoms with Gasteiger partial charge in [-0.3, -0.25) is 0 Å². The molecule has 0 bridgehead atoms. The fraction of sp³-hybridized carbons (Fsp3) is 0.111. The van der Waals surface area contributed by atoms with Gasteiger partial charge in [0, 0.05) is 22.5 Å². The molecule has 164 valence electrons. The third-order valence-electron chi connectivity index (χ3n) is 5.81. The van der Waals surface area contributed by atoms with Crippen molar-refractivity contribution in [1.29, 1.82) is 0 Å². The van der Waals surface area contributed by atoms with Gasteiger partial charge in [0.1, 0.15) is 11.5 Å². The first-order valence-electron chi connectivity index (χ1n) is 10.6. The molecule has 5 nitrogen and oxygen atoms in total. The van der Waals surface area contributed by atoms with E-state index < -0.39 is 12.1 Å². The van der Waals surface area contributed by atoms with E-state index in [1.54, 1.807) is 6.07 Å². The Morgan fingerprint density at radius 1 is 0.970 bits per heavy atom. The summed E-state index contributed by atoms with van der Waals surface area (Å²) in [5.74, 6) is -0.902. The number of ether oxygens (including phenoxy) is 1. The van der Waals surface area contributed by atoms with Crippen molar-refractivity contribution in [3.05, 3.63) is 100 Å². The molecule has 0 unspecified atom stereocenters. The Hall–Kier alpha value is -3.90. The number of hydrogen-bond acceptors (Lipinski definition) is 4. The predicted octanol–water partition coefficient (Wildman–Crippen LogP) is 6.15. The number of benzene rings is 3. The lowest BCUT2D eigenvalue weighted by molar-refractivity contribution is 0.0702. The lowest BCUT2D eigenvalue weighted by atomic mass is 9.98. The van der Waals surface area contributed by atoms with Crippen molar-refractivity contribution in [2.75, 3.05) is 13.2 Å². The van der Waals surface area contributed by atoms with Gasteiger partial charge < -0.3 is 15.2 Å². The number of nitrogens with one attached hydrogen (secondary N) is 1. The highest BCUT2D eigenvalue weighted by Crippen LogP contribution is 2.44. The third-order valence-corrected chi connectivity index (χ3v) is 6.90. The SMILES string of the molecule is O=C(NCC=Cc1cccc2sc(C(=O)O)cc12)OCC1c2ccccc2-c2ccccc21. The zero-order valence-corrected chi connectivity index (χ0v) is 18.5. The van der Waals surface area contributed by atoms with Crippen LogP contribution < -0.4 is 5.32 Å². The number of amides is 1. The van der Waals surface area contributed by atoms with Crippen molar-refractivity contribution >= 4 is 39.6 Å². The van der Waals surface area contributed by atoms with Crippen LogP contribution in [0.5, 0.6) is 0 Å². The summed E-state index contributed by atoms with van der Waals surface area (Å²) in [5, 5.41) is 12.9. The first kappa shape index (κ1) is 21.0. The Labute approximate surface area is 195 Å². The molecule has 1 amide bonds. The maximum Gasteiger partial charge on any atom is 0.407 e. The molecule has 33 heavy (non-hydrogen) atoms. The van der Waals surface area contributed by atoms with Gasteiger partial charge in [0.25, 0.3) is 0 Å². The summed E-state index contributed by atoms with van der Waals surface area (Å²) in [6.07, 6.45) is 3.24. The van der Waals surface area contributed by atoms with Gasteiger partial charge in [0.15, 0.2) is 0 Å². The highest BCUT2D eigenvalue weighted by Gasteiger charge is 2.28. The van der Waals surface area contributed by atoms with Crippen LogP contribution in [0.25, 0.3) is 27.3 Å². The molecule has 4 aromatic rings. The maximum absolute atomic E-state index is 12.3. The Bertz CT molecular complexity index is 1340. The first-order chi connectivity index (χ1) is 16.1. The Morgan fingerprint density at radius 3 is 2.36 bits per heavy atom. The van der Waals surface area contributed by atoms with E-state index in [0.717, 1.165) is 15.6 Å². The number of carbonyl (C=O) groups is 2.